The maximum Gasteiger partial charge on any atom is 0.221 e. The summed E-state index contributed by atoms with van der Waals surface area (Å²) in [6.45, 7) is 2.19. The lowest BCUT2D eigenvalue weighted by Gasteiger charge is -2.08. The van der Waals surface area contributed by atoms with Gasteiger partial charge in [0.2, 0.25) is 5.91 Å². The Bertz CT molecular complexity index is 402. The molecule has 1 amide bonds. The van der Waals surface area contributed by atoms with Gasteiger partial charge in [0, 0.05) is 23.5 Å². The summed E-state index contributed by atoms with van der Waals surface area (Å²) in [6, 6.07) is 4.61. The van der Waals surface area contributed by atoms with Gasteiger partial charge in [-0.3, -0.25) is 4.79 Å². The maximum atomic E-state index is 13.4. The Hall–Kier alpha value is -0.650. The first-order valence-corrected chi connectivity index (χ1v) is 6.24. The lowest BCUT2D eigenvalue weighted by Crippen LogP contribution is -2.31. The highest BCUT2D eigenvalue weighted by atomic mass is 79.9. The van der Waals surface area contributed by atoms with Crippen LogP contribution in [0.15, 0.2) is 22.7 Å². The van der Waals surface area contributed by atoms with Crippen LogP contribution in [0.5, 0.6) is 0 Å². The van der Waals surface area contributed by atoms with E-state index in [2.05, 4.69) is 21.2 Å². The predicted octanol–water partition coefficient (Wildman–Crippen LogP) is 2.41. The summed E-state index contributed by atoms with van der Waals surface area (Å²) >= 11 is 3.28. The van der Waals surface area contributed by atoms with Crippen LogP contribution in [-0.4, -0.2) is 18.5 Å². The van der Waals surface area contributed by atoms with Gasteiger partial charge in [0.1, 0.15) is 5.82 Å². The van der Waals surface area contributed by atoms with Crippen LogP contribution < -0.4 is 11.1 Å². The minimum Gasteiger partial charge on any atom is -0.356 e. The van der Waals surface area contributed by atoms with Gasteiger partial charge in [0.25, 0.3) is 0 Å². The fourth-order valence-corrected chi connectivity index (χ4v) is 1.84. The monoisotopic (exact) mass is 338 g/mol. The molecule has 0 aliphatic heterocycles. The first-order valence-electron chi connectivity index (χ1n) is 5.45. The molecule has 0 fully saturated rings. The summed E-state index contributed by atoms with van der Waals surface area (Å²) in [7, 11) is 0. The molecule has 3 nitrogen and oxygen atoms in total. The second kappa shape index (κ2) is 8.45. The van der Waals surface area contributed by atoms with E-state index < -0.39 is 0 Å². The smallest absolute Gasteiger partial charge is 0.221 e. The zero-order valence-corrected chi connectivity index (χ0v) is 12.5. The van der Waals surface area contributed by atoms with Gasteiger partial charge in [-0.15, -0.1) is 12.4 Å². The van der Waals surface area contributed by atoms with Gasteiger partial charge in [-0.25, -0.2) is 4.39 Å². The molecular formula is C12H17BrClFN2O. The molecule has 3 N–H and O–H groups in total. The quantitative estimate of drug-likeness (QED) is 0.865. The maximum absolute atomic E-state index is 13.4. The second-order valence-corrected chi connectivity index (χ2v) is 4.93. The minimum absolute atomic E-state index is 0. The third-order valence-corrected chi connectivity index (χ3v) is 2.72. The number of rotatable bonds is 5. The Morgan fingerprint density at radius 3 is 2.83 bits per heavy atom. The van der Waals surface area contributed by atoms with Crippen molar-refractivity contribution < 1.29 is 9.18 Å². The van der Waals surface area contributed by atoms with E-state index in [1.165, 1.54) is 6.07 Å². The van der Waals surface area contributed by atoms with Crippen molar-refractivity contribution in [3.63, 3.8) is 0 Å². The number of carbonyl (C=O) groups excluding carboxylic acids is 1. The predicted molar refractivity (Wildman–Crippen MR) is 76.3 cm³/mol. The second-order valence-electron chi connectivity index (χ2n) is 4.02. The Kier molecular flexibility index (Phi) is 8.15. The van der Waals surface area contributed by atoms with Gasteiger partial charge in [0.05, 0.1) is 0 Å². The third-order valence-electron chi connectivity index (χ3n) is 2.23. The van der Waals surface area contributed by atoms with Crippen LogP contribution >= 0.6 is 28.3 Å². The number of carbonyl (C=O) groups is 1. The van der Waals surface area contributed by atoms with E-state index in [0.29, 0.717) is 24.9 Å². The molecule has 0 heterocycles. The highest BCUT2D eigenvalue weighted by Gasteiger charge is 2.06. The van der Waals surface area contributed by atoms with E-state index in [9.17, 15) is 9.18 Å². The van der Waals surface area contributed by atoms with Crippen LogP contribution in [0.25, 0.3) is 0 Å². The molecule has 1 aromatic rings. The van der Waals surface area contributed by atoms with Crippen LogP contribution in [0, 0.1) is 5.82 Å². The van der Waals surface area contributed by atoms with Gasteiger partial charge in [0.15, 0.2) is 0 Å². The van der Waals surface area contributed by atoms with Gasteiger partial charge in [-0.1, -0.05) is 15.9 Å². The zero-order chi connectivity index (χ0) is 12.8. The fraction of sp³-hybridized carbons (Fsp3) is 0.417. The summed E-state index contributed by atoms with van der Waals surface area (Å²) in [5.41, 5.74) is 6.08. The van der Waals surface area contributed by atoms with E-state index in [0.717, 1.165) is 4.47 Å². The van der Waals surface area contributed by atoms with E-state index in [4.69, 9.17) is 5.73 Å². The molecule has 0 aliphatic rings. The average Bonchev–Trinajstić information content (AvgIpc) is 2.22. The van der Waals surface area contributed by atoms with Gasteiger partial charge in [-0.2, -0.15) is 0 Å². The molecule has 1 unspecified atom stereocenters. The topological polar surface area (TPSA) is 55.1 Å². The largest absolute Gasteiger partial charge is 0.356 e. The third kappa shape index (κ3) is 6.33. The van der Waals surface area contributed by atoms with Crippen molar-refractivity contribution in [1.29, 1.82) is 0 Å². The number of amides is 1. The SMILES string of the molecule is CC(N)CC(=O)NCCc1cc(Br)ccc1F.Cl. The van der Waals surface area contributed by atoms with Crippen LogP contribution in [0.2, 0.25) is 0 Å². The lowest BCUT2D eigenvalue weighted by molar-refractivity contribution is -0.121. The Morgan fingerprint density at radius 1 is 1.56 bits per heavy atom. The van der Waals surface area contributed by atoms with E-state index in [1.807, 2.05) is 0 Å². The summed E-state index contributed by atoms with van der Waals surface area (Å²) < 4.78 is 14.2. The normalized spacial score (nSPS) is 11.6. The minimum atomic E-state index is -0.255. The van der Waals surface area contributed by atoms with Crippen molar-refractivity contribution in [2.45, 2.75) is 25.8 Å². The van der Waals surface area contributed by atoms with Crippen LogP contribution in [0.3, 0.4) is 0 Å². The van der Waals surface area contributed by atoms with Crippen molar-refractivity contribution in [2.24, 2.45) is 5.73 Å². The summed E-state index contributed by atoms with van der Waals surface area (Å²) in [5.74, 6) is -0.356. The molecule has 0 spiro atoms. The van der Waals surface area contributed by atoms with Crippen LogP contribution in [0.1, 0.15) is 18.9 Å². The number of nitrogens with two attached hydrogens (primary N) is 1. The molecule has 0 radical (unpaired) electrons. The number of nitrogens with one attached hydrogen (secondary N) is 1. The van der Waals surface area contributed by atoms with Crippen molar-refractivity contribution in [3.8, 4) is 0 Å². The molecule has 0 aromatic heterocycles. The zero-order valence-electron chi connectivity index (χ0n) is 10.1. The summed E-state index contributed by atoms with van der Waals surface area (Å²) in [5, 5.41) is 2.71. The number of benzene rings is 1. The highest BCUT2D eigenvalue weighted by molar-refractivity contribution is 9.10. The Labute approximate surface area is 121 Å². The average molecular weight is 340 g/mol. The van der Waals surface area contributed by atoms with Crippen LogP contribution in [0.4, 0.5) is 4.39 Å². The fourth-order valence-electron chi connectivity index (χ4n) is 1.44. The van der Waals surface area contributed by atoms with Crippen molar-refractivity contribution >= 4 is 34.2 Å². The molecule has 1 atom stereocenters. The molecule has 0 aliphatic carbocycles. The van der Waals surface area contributed by atoms with Gasteiger partial charge in [-0.05, 0) is 37.1 Å². The molecule has 6 heteroatoms. The molecule has 0 saturated heterocycles. The van der Waals surface area contributed by atoms with Crippen molar-refractivity contribution in [1.82, 2.24) is 5.32 Å². The molecule has 18 heavy (non-hydrogen) atoms. The Balaban J connectivity index is 0.00000289. The number of halogens is 3. The van der Waals surface area contributed by atoms with Crippen LogP contribution in [-0.2, 0) is 11.2 Å². The summed E-state index contributed by atoms with van der Waals surface area (Å²) in [6.07, 6.45) is 0.761. The Morgan fingerprint density at radius 2 is 2.22 bits per heavy atom. The lowest BCUT2D eigenvalue weighted by atomic mass is 10.1. The molecule has 0 bridgehead atoms. The van der Waals surface area contributed by atoms with Crippen molar-refractivity contribution in [2.75, 3.05) is 6.54 Å². The highest BCUT2D eigenvalue weighted by Crippen LogP contribution is 2.15. The molecule has 1 aromatic carbocycles. The molecular weight excluding hydrogens is 322 g/mol. The number of hydrogen-bond donors (Lipinski definition) is 2. The standard InChI is InChI=1S/C12H16BrFN2O.ClH/c1-8(15)6-12(17)16-5-4-9-7-10(13)2-3-11(9)14;/h2-3,7-8H,4-6,15H2,1H3,(H,16,17);1H. The number of hydrogen-bond acceptors (Lipinski definition) is 2. The first kappa shape index (κ1) is 17.4. The van der Waals surface area contributed by atoms with E-state index >= 15 is 0 Å². The molecule has 0 saturated carbocycles. The van der Waals surface area contributed by atoms with Gasteiger partial charge < -0.3 is 11.1 Å². The first-order chi connectivity index (χ1) is 7.99. The van der Waals surface area contributed by atoms with E-state index in [-0.39, 0.29) is 30.2 Å². The van der Waals surface area contributed by atoms with E-state index in [1.54, 1.807) is 19.1 Å². The molecule has 1 rings (SSSR count). The van der Waals surface area contributed by atoms with Gasteiger partial charge >= 0.3 is 0 Å². The molecule has 102 valence electrons. The van der Waals surface area contributed by atoms with Crippen molar-refractivity contribution in [3.05, 3.63) is 34.1 Å². The summed E-state index contributed by atoms with van der Waals surface area (Å²) in [4.78, 5) is 11.3.